The third kappa shape index (κ3) is 1.39. The first-order valence-electron chi connectivity index (χ1n) is 5.45. The number of fused-ring (bicyclic) bond motifs is 1. The molecule has 16 heavy (non-hydrogen) atoms. The van der Waals surface area contributed by atoms with Crippen LogP contribution in [0.1, 0.15) is 11.3 Å². The second-order valence-corrected chi connectivity index (χ2v) is 3.97. The van der Waals surface area contributed by atoms with Crippen molar-refractivity contribution in [2.75, 3.05) is 6.54 Å². The lowest BCUT2D eigenvalue weighted by atomic mass is 10.1. The van der Waals surface area contributed by atoms with Gasteiger partial charge in [0.2, 0.25) is 0 Å². The molecule has 1 aromatic carbocycles. The predicted molar refractivity (Wildman–Crippen MR) is 61.8 cm³/mol. The molecule has 0 aliphatic carbocycles. The van der Waals surface area contributed by atoms with Gasteiger partial charge in [0.05, 0.1) is 11.3 Å². The number of para-hydroxylation sites is 1. The summed E-state index contributed by atoms with van der Waals surface area (Å²) in [4.78, 5) is 12.1. The van der Waals surface area contributed by atoms with Gasteiger partial charge in [0.25, 0.3) is 5.56 Å². The molecule has 2 heterocycles. The lowest BCUT2D eigenvalue weighted by Gasteiger charge is -2.09. The molecule has 0 radical (unpaired) electrons. The second-order valence-electron chi connectivity index (χ2n) is 3.97. The maximum Gasteiger partial charge on any atom is 0.275 e. The largest absolute Gasteiger partial charge is 0.312 e. The minimum atomic E-state index is 0.0633. The molecule has 2 N–H and O–H groups in total. The van der Waals surface area contributed by atoms with Gasteiger partial charge in [-0.05, 0) is 12.1 Å². The van der Waals surface area contributed by atoms with E-state index in [9.17, 15) is 4.79 Å². The van der Waals surface area contributed by atoms with E-state index in [1.807, 2.05) is 30.3 Å². The summed E-state index contributed by atoms with van der Waals surface area (Å²) in [5.74, 6) is 0. The molecule has 0 unspecified atom stereocenters. The molecule has 0 saturated carbocycles. The Balaban J connectivity index is 2.16. The van der Waals surface area contributed by atoms with Crippen LogP contribution in [0.5, 0.6) is 0 Å². The Labute approximate surface area is 92.9 Å². The maximum absolute atomic E-state index is 12.1. The molecular weight excluding hydrogens is 202 g/mol. The molecule has 1 aliphatic heterocycles. The van der Waals surface area contributed by atoms with Crippen molar-refractivity contribution in [3.8, 4) is 5.69 Å². The van der Waals surface area contributed by atoms with E-state index >= 15 is 0 Å². The van der Waals surface area contributed by atoms with Crippen LogP contribution in [-0.4, -0.2) is 16.3 Å². The summed E-state index contributed by atoms with van der Waals surface area (Å²) in [6.45, 7) is 1.60. The lowest BCUT2D eigenvalue weighted by molar-refractivity contribution is 0.634. The van der Waals surface area contributed by atoms with Crippen LogP contribution in [0, 0.1) is 0 Å². The Kier molecular flexibility index (Phi) is 2.15. The smallest absolute Gasteiger partial charge is 0.275 e. The van der Waals surface area contributed by atoms with Crippen LogP contribution >= 0.6 is 0 Å². The molecule has 0 atom stereocenters. The van der Waals surface area contributed by atoms with E-state index in [-0.39, 0.29) is 5.56 Å². The molecule has 0 spiro atoms. The van der Waals surface area contributed by atoms with E-state index in [0.29, 0.717) is 6.54 Å². The van der Waals surface area contributed by atoms with Crippen LogP contribution < -0.4 is 10.9 Å². The van der Waals surface area contributed by atoms with Crippen molar-refractivity contribution in [3.63, 3.8) is 0 Å². The summed E-state index contributed by atoms with van der Waals surface area (Å²) in [5.41, 5.74) is 2.89. The van der Waals surface area contributed by atoms with Crippen molar-refractivity contribution >= 4 is 0 Å². The monoisotopic (exact) mass is 215 g/mol. The standard InChI is InChI=1S/C12H13N3O/c16-12-10-8-13-7-6-11(10)14-15(12)9-4-2-1-3-5-9/h1-5,13-14H,6-8H2. The van der Waals surface area contributed by atoms with E-state index < -0.39 is 0 Å². The fourth-order valence-electron chi connectivity index (χ4n) is 2.09. The van der Waals surface area contributed by atoms with E-state index in [1.54, 1.807) is 4.68 Å². The zero-order valence-electron chi connectivity index (χ0n) is 8.86. The van der Waals surface area contributed by atoms with Gasteiger partial charge in [-0.3, -0.25) is 9.89 Å². The molecule has 0 bridgehead atoms. The van der Waals surface area contributed by atoms with Crippen LogP contribution in [0.15, 0.2) is 35.1 Å². The fourth-order valence-corrected chi connectivity index (χ4v) is 2.09. The minimum absolute atomic E-state index is 0.0633. The number of rotatable bonds is 1. The summed E-state index contributed by atoms with van der Waals surface area (Å²) >= 11 is 0. The predicted octanol–water partition coefficient (Wildman–Crippen LogP) is 0.811. The van der Waals surface area contributed by atoms with E-state index in [0.717, 1.165) is 29.9 Å². The minimum Gasteiger partial charge on any atom is -0.312 e. The average Bonchev–Trinajstić information content (AvgIpc) is 2.69. The average molecular weight is 215 g/mol. The molecule has 0 saturated heterocycles. The van der Waals surface area contributed by atoms with Gasteiger partial charge < -0.3 is 5.32 Å². The van der Waals surface area contributed by atoms with Crippen molar-refractivity contribution in [2.24, 2.45) is 0 Å². The SMILES string of the molecule is O=c1c2c([nH]n1-c1ccccc1)CCNC2. The third-order valence-corrected chi connectivity index (χ3v) is 2.94. The molecule has 82 valence electrons. The normalized spacial score (nSPS) is 14.8. The molecule has 2 aromatic rings. The van der Waals surface area contributed by atoms with Gasteiger partial charge in [-0.25, -0.2) is 4.68 Å². The highest BCUT2D eigenvalue weighted by atomic mass is 16.1. The summed E-state index contributed by atoms with van der Waals surface area (Å²) in [6.07, 6.45) is 0.893. The number of benzene rings is 1. The highest BCUT2D eigenvalue weighted by Crippen LogP contribution is 2.10. The van der Waals surface area contributed by atoms with E-state index in [2.05, 4.69) is 10.4 Å². The highest BCUT2D eigenvalue weighted by molar-refractivity contribution is 5.33. The van der Waals surface area contributed by atoms with Gasteiger partial charge in [-0.15, -0.1) is 0 Å². The summed E-state index contributed by atoms with van der Waals surface area (Å²) in [5, 5.41) is 6.40. The van der Waals surface area contributed by atoms with Gasteiger partial charge >= 0.3 is 0 Å². The summed E-state index contributed by atoms with van der Waals surface area (Å²) in [7, 11) is 0. The van der Waals surface area contributed by atoms with Gasteiger partial charge in [-0.1, -0.05) is 18.2 Å². The number of H-pyrrole nitrogens is 1. The quantitative estimate of drug-likeness (QED) is 0.739. The van der Waals surface area contributed by atoms with Crippen LogP contribution in [0.2, 0.25) is 0 Å². The van der Waals surface area contributed by atoms with Crippen LogP contribution in [0.25, 0.3) is 5.69 Å². The van der Waals surface area contributed by atoms with Crippen molar-refractivity contribution in [1.29, 1.82) is 0 Å². The fraction of sp³-hybridized carbons (Fsp3) is 0.250. The molecule has 0 fully saturated rings. The van der Waals surface area contributed by atoms with E-state index in [1.165, 1.54) is 0 Å². The number of hydrogen-bond donors (Lipinski definition) is 2. The number of aromatic amines is 1. The highest BCUT2D eigenvalue weighted by Gasteiger charge is 2.17. The summed E-state index contributed by atoms with van der Waals surface area (Å²) < 4.78 is 1.62. The Morgan fingerprint density at radius 3 is 2.75 bits per heavy atom. The second kappa shape index (κ2) is 3.64. The topological polar surface area (TPSA) is 49.8 Å². The Morgan fingerprint density at radius 1 is 1.19 bits per heavy atom. The molecule has 3 rings (SSSR count). The molecule has 1 aromatic heterocycles. The maximum atomic E-state index is 12.1. The number of nitrogens with zero attached hydrogens (tertiary/aromatic N) is 1. The Bertz CT molecular complexity index is 553. The number of aromatic nitrogens is 2. The van der Waals surface area contributed by atoms with Crippen LogP contribution in [-0.2, 0) is 13.0 Å². The first kappa shape index (κ1) is 9.42. The van der Waals surface area contributed by atoms with Gasteiger partial charge in [0.1, 0.15) is 0 Å². The first-order chi connectivity index (χ1) is 7.86. The summed E-state index contributed by atoms with van der Waals surface area (Å²) in [6, 6.07) is 9.66. The Hall–Kier alpha value is -1.81. The van der Waals surface area contributed by atoms with Crippen molar-refractivity contribution in [3.05, 3.63) is 51.9 Å². The molecule has 0 amide bonds. The van der Waals surface area contributed by atoms with Crippen LogP contribution in [0.3, 0.4) is 0 Å². The zero-order valence-corrected chi connectivity index (χ0v) is 8.86. The number of hydrogen-bond acceptors (Lipinski definition) is 2. The van der Waals surface area contributed by atoms with Crippen LogP contribution in [0.4, 0.5) is 0 Å². The third-order valence-electron chi connectivity index (χ3n) is 2.94. The number of nitrogens with one attached hydrogen (secondary N) is 2. The van der Waals surface area contributed by atoms with Crippen molar-refractivity contribution in [2.45, 2.75) is 13.0 Å². The van der Waals surface area contributed by atoms with Gasteiger partial charge in [0.15, 0.2) is 0 Å². The Morgan fingerprint density at radius 2 is 2.00 bits per heavy atom. The molecule has 1 aliphatic rings. The van der Waals surface area contributed by atoms with Gasteiger partial charge in [-0.2, -0.15) is 0 Å². The van der Waals surface area contributed by atoms with Gasteiger partial charge in [0, 0.05) is 25.2 Å². The van der Waals surface area contributed by atoms with Crippen molar-refractivity contribution in [1.82, 2.24) is 15.1 Å². The molecule has 4 heteroatoms. The molecular formula is C12H13N3O. The lowest BCUT2D eigenvalue weighted by Crippen LogP contribution is -2.27. The van der Waals surface area contributed by atoms with E-state index in [4.69, 9.17) is 0 Å². The molecule has 4 nitrogen and oxygen atoms in total. The first-order valence-corrected chi connectivity index (χ1v) is 5.45. The van der Waals surface area contributed by atoms with Crippen molar-refractivity contribution < 1.29 is 0 Å². The zero-order chi connectivity index (χ0) is 11.0.